The molecule has 0 saturated heterocycles. The van der Waals surface area contributed by atoms with Crippen molar-refractivity contribution in [1.29, 1.82) is 0 Å². The van der Waals surface area contributed by atoms with Gasteiger partial charge in [-0.3, -0.25) is 0 Å². The van der Waals surface area contributed by atoms with Gasteiger partial charge in [-0.05, 0) is 105 Å². The van der Waals surface area contributed by atoms with Crippen molar-refractivity contribution in [2.75, 3.05) is 4.90 Å². The molecule has 0 bridgehead atoms. The molecule has 0 amide bonds. The Morgan fingerprint density at radius 3 is 1.60 bits per heavy atom. The zero-order valence-electron chi connectivity index (χ0n) is 29.0. The van der Waals surface area contributed by atoms with Crippen molar-refractivity contribution < 1.29 is 0 Å². The van der Waals surface area contributed by atoms with E-state index in [1.54, 1.807) is 0 Å². The van der Waals surface area contributed by atoms with Crippen LogP contribution in [-0.4, -0.2) is 0 Å². The maximum Gasteiger partial charge on any atom is 0.0540 e. The van der Waals surface area contributed by atoms with Crippen LogP contribution in [0.25, 0.3) is 54.9 Å². The van der Waals surface area contributed by atoms with Gasteiger partial charge in [0, 0.05) is 21.9 Å². The molecule has 0 heterocycles. The van der Waals surface area contributed by atoms with E-state index in [2.05, 4.69) is 196 Å². The van der Waals surface area contributed by atoms with E-state index in [1.165, 1.54) is 88.6 Å². The molecule has 0 saturated carbocycles. The molecule has 0 N–H and O–H groups in total. The van der Waals surface area contributed by atoms with Gasteiger partial charge >= 0.3 is 0 Å². The van der Waals surface area contributed by atoms with Crippen molar-refractivity contribution in [3.8, 4) is 33.4 Å². The third kappa shape index (κ3) is 4.61. The highest BCUT2D eigenvalue weighted by atomic mass is 15.1. The second-order valence-corrected chi connectivity index (χ2v) is 14.2. The third-order valence-electron chi connectivity index (χ3n) is 11.0. The normalized spacial score (nSPS) is 13.0. The number of fused-ring (bicyclic) bond motifs is 5. The Kier molecular flexibility index (Phi) is 7.00. The first-order chi connectivity index (χ1) is 24.4. The van der Waals surface area contributed by atoms with Crippen molar-refractivity contribution >= 4 is 38.6 Å². The minimum absolute atomic E-state index is 0.0649. The highest BCUT2D eigenvalue weighted by Gasteiger charge is 2.37. The van der Waals surface area contributed by atoms with E-state index in [4.69, 9.17) is 0 Å². The highest BCUT2D eigenvalue weighted by molar-refractivity contribution is 6.07. The second kappa shape index (κ2) is 11.6. The lowest BCUT2D eigenvalue weighted by Gasteiger charge is -2.30. The van der Waals surface area contributed by atoms with Crippen LogP contribution in [0.15, 0.2) is 164 Å². The first-order valence-electron chi connectivity index (χ1n) is 17.6. The smallest absolute Gasteiger partial charge is 0.0540 e. The van der Waals surface area contributed by atoms with Crippen LogP contribution >= 0.6 is 0 Å². The van der Waals surface area contributed by atoms with Crippen molar-refractivity contribution in [2.45, 2.75) is 33.1 Å². The van der Waals surface area contributed by atoms with Gasteiger partial charge in [-0.2, -0.15) is 0 Å². The molecule has 1 aliphatic carbocycles. The summed E-state index contributed by atoms with van der Waals surface area (Å²) >= 11 is 0. The predicted octanol–water partition coefficient (Wildman–Crippen LogP) is 13.7. The van der Waals surface area contributed by atoms with Gasteiger partial charge < -0.3 is 4.90 Å². The Hall–Kier alpha value is -5.92. The van der Waals surface area contributed by atoms with E-state index in [0.717, 1.165) is 5.69 Å². The van der Waals surface area contributed by atoms with E-state index in [-0.39, 0.29) is 5.41 Å². The quantitative estimate of drug-likeness (QED) is 0.181. The lowest BCUT2D eigenvalue weighted by Crippen LogP contribution is -2.14. The van der Waals surface area contributed by atoms with Gasteiger partial charge in [-0.15, -0.1) is 0 Å². The number of hydrogen-bond acceptors (Lipinski definition) is 1. The number of rotatable bonds is 5. The monoisotopic (exact) mass is 641 g/mol. The number of benzene rings is 8. The van der Waals surface area contributed by atoms with Crippen molar-refractivity contribution in [2.24, 2.45) is 0 Å². The molecule has 0 aliphatic heterocycles. The van der Waals surface area contributed by atoms with Gasteiger partial charge in [0.2, 0.25) is 0 Å². The standard InChI is InChI=1S/C49H39N/c1-32-25-29-46(39-19-10-8-17-36(32)39)50(47-30-26-33(2)37-18-9-11-20-40(37)47)35-27-28-38(43(31-35)34-15-6-5-7-16-34)41-22-14-24-45-48(41)42-21-12-13-23-44(42)49(45,3)4/h5-31H,1-4H3. The summed E-state index contributed by atoms with van der Waals surface area (Å²) in [5, 5.41) is 5.02. The molecule has 8 aromatic carbocycles. The maximum absolute atomic E-state index is 2.48. The van der Waals surface area contributed by atoms with E-state index in [1.807, 2.05) is 0 Å². The first-order valence-corrected chi connectivity index (χ1v) is 17.6. The number of anilines is 3. The van der Waals surface area contributed by atoms with Crippen LogP contribution in [0.3, 0.4) is 0 Å². The molecule has 8 aromatic rings. The summed E-state index contributed by atoms with van der Waals surface area (Å²) in [6.07, 6.45) is 0. The van der Waals surface area contributed by atoms with Crippen LogP contribution in [0.5, 0.6) is 0 Å². The zero-order valence-corrected chi connectivity index (χ0v) is 29.0. The fraction of sp³-hybridized carbons (Fsp3) is 0.102. The average molecular weight is 642 g/mol. The van der Waals surface area contributed by atoms with Crippen LogP contribution in [-0.2, 0) is 5.41 Å². The lowest BCUT2D eigenvalue weighted by molar-refractivity contribution is 0.660. The molecule has 9 rings (SSSR count). The Morgan fingerprint density at radius 2 is 0.940 bits per heavy atom. The SMILES string of the molecule is Cc1ccc(N(c2ccc(-c3cccc4c3-c3ccccc3C4(C)C)c(-c3ccccc3)c2)c2ccc(C)c3ccccc23)c2ccccc12. The van der Waals surface area contributed by atoms with E-state index < -0.39 is 0 Å². The molecule has 0 unspecified atom stereocenters. The highest BCUT2D eigenvalue weighted by Crippen LogP contribution is 2.53. The van der Waals surface area contributed by atoms with Crippen LogP contribution in [0.4, 0.5) is 17.1 Å². The van der Waals surface area contributed by atoms with Crippen molar-refractivity contribution in [3.05, 3.63) is 186 Å². The minimum Gasteiger partial charge on any atom is -0.309 e. The van der Waals surface area contributed by atoms with Gasteiger partial charge in [0.1, 0.15) is 0 Å². The summed E-state index contributed by atoms with van der Waals surface area (Å²) in [4.78, 5) is 2.48. The predicted molar refractivity (Wildman–Crippen MR) is 214 cm³/mol. The molecule has 1 heteroatoms. The van der Waals surface area contributed by atoms with Crippen molar-refractivity contribution in [1.82, 2.24) is 0 Å². The fourth-order valence-corrected chi connectivity index (χ4v) is 8.41. The van der Waals surface area contributed by atoms with Gasteiger partial charge in [0.15, 0.2) is 0 Å². The third-order valence-corrected chi connectivity index (χ3v) is 11.0. The summed E-state index contributed by atoms with van der Waals surface area (Å²) in [5.74, 6) is 0. The number of aryl methyl sites for hydroxylation is 2. The topological polar surface area (TPSA) is 3.24 Å². The summed E-state index contributed by atoms with van der Waals surface area (Å²) in [5.41, 5.74) is 16.4. The summed E-state index contributed by atoms with van der Waals surface area (Å²) in [6.45, 7) is 9.13. The summed E-state index contributed by atoms with van der Waals surface area (Å²) in [6, 6.07) is 60.6. The summed E-state index contributed by atoms with van der Waals surface area (Å²) < 4.78 is 0. The lowest BCUT2D eigenvalue weighted by atomic mass is 9.81. The molecule has 50 heavy (non-hydrogen) atoms. The molecular weight excluding hydrogens is 603 g/mol. The molecule has 0 radical (unpaired) electrons. The Bertz CT molecular complexity index is 2510. The molecule has 0 atom stereocenters. The zero-order chi connectivity index (χ0) is 34.0. The summed E-state index contributed by atoms with van der Waals surface area (Å²) in [7, 11) is 0. The first kappa shape index (κ1) is 30.2. The van der Waals surface area contributed by atoms with Crippen LogP contribution in [0.2, 0.25) is 0 Å². The largest absolute Gasteiger partial charge is 0.309 e. The fourth-order valence-electron chi connectivity index (χ4n) is 8.41. The number of nitrogens with zero attached hydrogens (tertiary/aromatic N) is 1. The molecule has 1 nitrogen and oxygen atoms in total. The van der Waals surface area contributed by atoms with Crippen molar-refractivity contribution in [3.63, 3.8) is 0 Å². The molecular formula is C49H39N. The maximum atomic E-state index is 2.48. The van der Waals surface area contributed by atoms with E-state index in [0.29, 0.717) is 0 Å². The van der Waals surface area contributed by atoms with Gasteiger partial charge in [0.25, 0.3) is 0 Å². The number of hydrogen-bond donors (Lipinski definition) is 0. The molecule has 240 valence electrons. The average Bonchev–Trinajstić information content (AvgIpc) is 3.40. The van der Waals surface area contributed by atoms with Gasteiger partial charge in [-0.25, -0.2) is 0 Å². The minimum atomic E-state index is -0.0649. The molecule has 0 fully saturated rings. The molecule has 0 aromatic heterocycles. The molecule has 1 aliphatic rings. The molecule has 0 spiro atoms. The Morgan fingerprint density at radius 1 is 0.400 bits per heavy atom. The van der Waals surface area contributed by atoms with Crippen LogP contribution < -0.4 is 4.90 Å². The Labute approximate surface area is 295 Å². The van der Waals surface area contributed by atoms with Gasteiger partial charge in [-0.1, -0.05) is 153 Å². The Balaban J connectivity index is 1.35. The van der Waals surface area contributed by atoms with E-state index >= 15 is 0 Å². The van der Waals surface area contributed by atoms with Gasteiger partial charge in [0.05, 0.1) is 11.4 Å². The second-order valence-electron chi connectivity index (χ2n) is 14.2. The van der Waals surface area contributed by atoms with E-state index in [9.17, 15) is 0 Å². The van der Waals surface area contributed by atoms with Crippen LogP contribution in [0, 0.1) is 13.8 Å². The van der Waals surface area contributed by atoms with Crippen LogP contribution in [0.1, 0.15) is 36.1 Å².